The molecule has 2 heterocycles. The van der Waals surface area contributed by atoms with E-state index in [0.717, 1.165) is 17.0 Å². The number of aliphatic hydroxyl groups excluding tert-OH is 1. The Morgan fingerprint density at radius 2 is 1.87 bits per heavy atom. The summed E-state index contributed by atoms with van der Waals surface area (Å²) in [4.78, 5) is 14.2. The molecule has 3 atom stereocenters. The summed E-state index contributed by atoms with van der Waals surface area (Å²) < 4.78 is 75.3. The largest absolute Gasteiger partial charge is 0.477 e. The van der Waals surface area contributed by atoms with Gasteiger partial charge >= 0.3 is 12.2 Å². The summed E-state index contributed by atoms with van der Waals surface area (Å²) in [7, 11) is 0. The van der Waals surface area contributed by atoms with Crippen molar-refractivity contribution in [2.75, 3.05) is 31.6 Å². The van der Waals surface area contributed by atoms with E-state index in [1.54, 1.807) is 38.1 Å². The van der Waals surface area contributed by atoms with Crippen LogP contribution in [0, 0.1) is 18.6 Å². The summed E-state index contributed by atoms with van der Waals surface area (Å²) in [5.74, 6) is -2.51. The number of amides is 2. The lowest BCUT2D eigenvalue weighted by Crippen LogP contribution is -2.49. The highest BCUT2D eigenvalue weighted by Crippen LogP contribution is 2.35. The standard InChI is InChI=1S/C26H28F5N5O3/c1-3-39-24-15(2)23(36(34-24)17-7-5-4-6-8-17)33-25(38)32-21-13-35(22(14-37)26(29,30)31)12-18(21)16-9-10-19(27)20(28)11-16/h4-11,18,21-22,37H,3,12-14H2,1-2H3,(H2,32,33,38)/t18-,21?,22-/m0/s1. The fraction of sp³-hybridized carbons (Fsp3) is 0.385. The number of nitrogens with one attached hydrogen (secondary N) is 2. The molecule has 0 aliphatic carbocycles. The molecule has 0 saturated carbocycles. The van der Waals surface area contributed by atoms with E-state index >= 15 is 0 Å². The van der Waals surface area contributed by atoms with Crippen molar-refractivity contribution in [1.29, 1.82) is 0 Å². The number of urea groups is 1. The summed E-state index contributed by atoms with van der Waals surface area (Å²) in [5.41, 5.74) is 1.37. The predicted octanol–water partition coefficient (Wildman–Crippen LogP) is 4.37. The summed E-state index contributed by atoms with van der Waals surface area (Å²) >= 11 is 0. The Balaban J connectivity index is 1.62. The molecule has 3 N–H and O–H groups in total. The Morgan fingerprint density at radius 1 is 1.15 bits per heavy atom. The average molecular weight is 554 g/mol. The topological polar surface area (TPSA) is 91.6 Å². The lowest BCUT2D eigenvalue weighted by Gasteiger charge is -2.28. The first-order valence-corrected chi connectivity index (χ1v) is 12.2. The first kappa shape index (κ1) is 28.3. The highest BCUT2D eigenvalue weighted by Gasteiger charge is 2.48. The quantitative estimate of drug-likeness (QED) is 0.361. The number of carbonyl (C=O) groups is 1. The van der Waals surface area contributed by atoms with E-state index in [4.69, 9.17) is 4.74 Å². The maximum atomic E-state index is 14.0. The third-order valence-electron chi connectivity index (χ3n) is 6.62. The summed E-state index contributed by atoms with van der Waals surface area (Å²) in [6, 6.07) is 8.12. The van der Waals surface area contributed by atoms with E-state index in [0.29, 0.717) is 23.7 Å². The van der Waals surface area contributed by atoms with E-state index in [1.165, 1.54) is 10.7 Å². The molecule has 1 fully saturated rings. The maximum absolute atomic E-state index is 14.0. The third-order valence-corrected chi connectivity index (χ3v) is 6.62. The number of halogens is 5. The summed E-state index contributed by atoms with van der Waals surface area (Å²) in [5, 5.41) is 19.3. The number of carbonyl (C=O) groups excluding carboxylic acids is 1. The third kappa shape index (κ3) is 6.14. The Labute approximate surface area is 221 Å². The molecule has 210 valence electrons. The SMILES string of the molecule is CCOc1nn(-c2ccccc2)c(NC(=O)NC2CN([C@@H](CO)C(F)(F)F)C[C@H]2c2ccc(F)c(F)c2)c1C. The fourth-order valence-electron chi connectivity index (χ4n) is 4.71. The van der Waals surface area contributed by atoms with Gasteiger partial charge in [0.2, 0.25) is 5.88 Å². The molecular weight excluding hydrogens is 525 g/mol. The van der Waals surface area contributed by atoms with Crippen molar-refractivity contribution in [3.8, 4) is 11.6 Å². The second kappa shape index (κ2) is 11.6. The van der Waals surface area contributed by atoms with Crippen LogP contribution in [-0.2, 0) is 0 Å². The smallest absolute Gasteiger partial charge is 0.406 e. The van der Waals surface area contributed by atoms with Gasteiger partial charge in [-0.3, -0.25) is 10.2 Å². The first-order chi connectivity index (χ1) is 18.5. The Kier molecular flexibility index (Phi) is 8.40. The van der Waals surface area contributed by atoms with Crippen LogP contribution in [0.25, 0.3) is 5.69 Å². The lowest BCUT2D eigenvalue weighted by atomic mass is 9.94. The highest BCUT2D eigenvalue weighted by atomic mass is 19.4. The van der Waals surface area contributed by atoms with Crippen LogP contribution >= 0.6 is 0 Å². The van der Waals surface area contributed by atoms with Gasteiger partial charge in [0.1, 0.15) is 11.9 Å². The summed E-state index contributed by atoms with van der Waals surface area (Å²) in [6.07, 6.45) is -4.74. The highest BCUT2D eigenvalue weighted by molar-refractivity contribution is 5.90. The van der Waals surface area contributed by atoms with Crippen molar-refractivity contribution in [1.82, 2.24) is 20.0 Å². The number of hydrogen-bond donors (Lipinski definition) is 3. The molecule has 4 rings (SSSR count). The van der Waals surface area contributed by atoms with Gasteiger partial charge in [0.25, 0.3) is 0 Å². The predicted molar refractivity (Wildman–Crippen MR) is 133 cm³/mol. The molecule has 13 heteroatoms. The monoisotopic (exact) mass is 553 g/mol. The molecule has 1 aliphatic rings. The minimum absolute atomic E-state index is 0.213. The van der Waals surface area contributed by atoms with Gasteiger partial charge < -0.3 is 15.2 Å². The Bertz CT molecular complexity index is 1300. The van der Waals surface area contributed by atoms with Gasteiger partial charge in [-0.2, -0.15) is 13.2 Å². The number of para-hydroxylation sites is 1. The second-order valence-electron chi connectivity index (χ2n) is 9.14. The van der Waals surface area contributed by atoms with Gasteiger partial charge in [-0.05, 0) is 43.7 Å². The normalized spacial score (nSPS) is 18.7. The molecule has 3 aromatic rings. The van der Waals surface area contributed by atoms with E-state index in [1.807, 2.05) is 6.07 Å². The zero-order chi connectivity index (χ0) is 28.3. The fourth-order valence-corrected chi connectivity index (χ4v) is 4.71. The van der Waals surface area contributed by atoms with Crippen molar-refractivity contribution in [3.05, 3.63) is 71.3 Å². The number of aliphatic hydroxyl groups is 1. The minimum Gasteiger partial charge on any atom is -0.477 e. The number of aromatic nitrogens is 2. The van der Waals surface area contributed by atoms with Crippen LogP contribution in [0.5, 0.6) is 5.88 Å². The van der Waals surface area contributed by atoms with Crippen LogP contribution < -0.4 is 15.4 Å². The molecule has 8 nitrogen and oxygen atoms in total. The molecule has 0 radical (unpaired) electrons. The summed E-state index contributed by atoms with van der Waals surface area (Å²) in [6.45, 7) is 2.08. The Hall–Kier alpha value is -3.71. The van der Waals surface area contributed by atoms with Crippen LogP contribution in [-0.4, -0.2) is 70.4 Å². The lowest BCUT2D eigenvalue weighted by molar-refractivity contribution is -0.190. The molecular formula is C26H28F5N5O3. The number of anilines is 1. The van der Waals surface area contributed by atoms with E-state index < -0.39 is 48.5 Å². The van der Waals surface area contributed by atoms with Crippen LogP contribution in [0.3, 0.4) is 0 Å². The van der Waals surface area contributed by atoms with Gasteiger partial charge in [-0.15, -0.1) is 5.10 Å². The maximum Gasteiger partial charge on any atom is 0.406 e. The van der Waals surface area contributed by atoms with Crippen LogP contribution in [0.4, 0.5) is 32.6 Å². The molecule has 0 spiro atoms. The molecule has 1 aromatic heterocycles. The zero-order valence-electron chi connectivity index (χ0n) is 21.2. The molecule has 39 heavy (non-hydrogen) atoms. The van der Waals surface area contributed by atoms with E-state index in [9.17, 15) is 31.9 Å². The van der Waals surface area contributed by atoms with Crippen molar-refractivity contribution < 1.29 is 36.6 Å². The molecule has 1 unspecified atom stereocenters. The van der Waals surface area contributed by atoms with Crippen molar-refractivity contribution in [2.24, 2.45) is 0 Å². The van der Waals surface area contributed by atoms with Gasteiger partial charge in [0, 0.05) is 19.0 Å². The van der Waals surface area contributed by atoms with E-state index in [-0.39, 0.29) is 24.5 Å². The van der Waals surface area contributed by atoms with Crippen LogP contribution in [0.1, 0.15) is 24.0 Å². The molecule has 2 amide bonds. The first-order valence-electron chi connectivity index (χ1n) is 12.2. The molecule has 0 bridgehead atoms. The van der Waals surface area contributed by atoms with Crippen LogP contribution in [0.15, 0.2) is 48.5 Å². The zero-order valence-corrected chi connectivity index (χ0v) is 21.2. The number of ether oxygens (including phenoxy) is 1. The molecule has 1 saturated heterocycles. The second-order valence-corrected chi connectivity index (χ2v) is 9.14. The van der Waals surface area contributed by atoms with Gasteiger partial charge in [0.05, 0.1) is 30.5 Å². The number of alkyl halides is 3. The molecule has 2 aromatic carbocycles. The van der Waals surface area contributed by atoms with Gasteiger partial charge in [-0.25, -0.2) is 18.3 Å². The van der Waals surface area contributed by atoms with Gasteiger partial charge in [-0.1, -0.05) is 24.3 Å². The van der Waals surface area contributed by atoms with Crippen LogP contribution in [0.2, 0.25) is 0 Å². The van der Waals surface area contributed by atoms with Crippen molar-refractivity contribution >= 4 is 11.8 Å². The number of likely N-dealkylation sites (tertiary alicyclic amines) is 1. The van der Waals surface area contributed by atoms with Crippen molar-refractivity contribution in [3.63, 3.8) is 0 Å². The average Bonchev–Trinajstić information content (AvgIpc) is 3.42. The number of benzene rings is 2. The number of nitrogens with zero attached hydrogens (tertiary/aromatic N) is 3. The number of rotatable bonds is 8. The van der Waals surface area contributed by atoms with Gasteiger partial charge in [0.15, 0.2) is 11.6 Å². The minimum atomic E-state index is -4.74. The van der Waals surface area contributed by atoms with Crippen molar-refractivity contribution in [2.45, 2.75) is 38.0 Å². The molecule has 1 aliphatic heterocycles. The Morgan fingerprint density at radius 3 is 2.49 bits per heavy atom. The van der Waals surface area contributed by atoms with E-state index in [2.05, 4.69) is 15.7 Å². The number of hydrogen-bond acceptors (Lipinski definition) is 5.